The van der Waals surface area contributed by atoms with E-state index in [4.69, 9.17) is 10.2 Å². The van der Waals surface area contributed by atoms with Crippen LogP contribution in [0.5, 0.6) is 0 Å². The SMILES string of the molecule is O=C(O)[C@H](CO)NS(=O)(=O)c1cn[nH]c1. The predicted octanol–water partition coefficient (Wildman–Crippen LogP) is -1.87. The van der Waals surface area contributed by atoms with E-state index in [2.05, 4.69) is 10.2 Å². The zero-order chi connectivity index (χ0) is 11.5. The summed E-state index contributed by atoms with van der Waals surface area (Å²) in [7, 11) is -3.96. The molecule has 84 valence electrons. The summed E-state index contributed by atoms with van der Waals surface area (Å²) in [6.07, 6.45) is 2.12. The lowest BCUT2D eigenvalue weighted by atomic mass is 10.3. The van der Waals surface area contributed by atoms with Gasteiger partial charge in [0.2, 0.25) is 10.0 Å². The zero-order valence-corrected chi connectivity index (χ0v) is 8.23. The van der Waals surface area contributed by atoms with Crippen molar-refractivity contribution >= 4 is 16.0 Å². The van der Waals surface area contributed by atoms with Crippen LogP contribution < -0.4 is 4.72 Å². The molecule has 1 atom stereocenters. The number of nitrogens with one attached hydrogen (secondary N) is 2. The fourth-order valence-electron chi connectivity index (χ4n) is 0.807. The second-order valence-corrected chi connectivity index (χ2v) is 4.34. The summed E-state index contributed by atoms with van der Waals surface area (Å²) >= 11 is 0. The molecule has 0 radical (unpaired) electrons. The van der Waals surface area contributed by atoms with E-state index in [1.807, 2.05) is 4.72 Å². The molecular weight excluding hydrogens is 226 g/mol. The Morgan fingerprint density at radius 3 is 2.73 bits per heavy atom. The molecule has 0 bridgehead atoms. The van der Waals surface area contributed by atoms with E-state index in [0.29, 0.717) is 0 Å². The highest BCUT2D eigenvalue weighted by molar-refractivity contribution is 7.89. The smallest absolute Gasteiger partial charge is 0.324 e. The fourth-order valence-corrected chi connectivity index (χ4v) is 1.89. The van der Waals surface area contributed by atoms with Gasteiger partial charge >= 0.3 is 5.97 Å². The molecule has 1 heterocycles. The minimum absolute atomic E-state index is 0.192. The summed E-state index contributed by atoms with van der Waals surface area (Å²) in [5, 5.41) is 22.8. The molecule has 0 saturated heterocycles. The monoisotopic (exact) mass is 235 g/mol. The highest BCUT2D eigenvalue weighted by atomic mass is 32.2. The molecule has 0 saturated carbocycles. The molecule has 1 aromatic heterocycles. The van der Waals surface area contributed by atoms with E-state index < -0.39 is 28.6 Å². The van der Waals surface area contributed by atoms with Gasteiger partial charge in [0.15, 0.2) is 0 Å². The van der Waals surface area contributed by atoms with E-state index in [1.165, 1.54) is 0 Å². The fraction of sp³-hybridized carbons (Fsp3) is 0.333. The van der Waals surface area contributed by atoms with Gasteiger partial charge in [-0.25, -0.2) is 8.42 Å². The van der Waals surface area contributed by atoms with Gasteiger partial charge in [0.25, 0.3) is 0 Å². The number of hydrogen-bond donors (Lipinski definition) is 4. The number of carboxylic acid groups (broad SMARTS) is 1. The molecule has 0 aliphatic carbocycles. The van der Waals surface area contributed by atoms with Gasteiger partial charge in [-0.05, 0) is 0 Å². The van der Waals surface area contributed by atoms with Crippen LogP contribution in [0.4, 0.5) is 0 Å². The Hall–Kier alpha value is -1.45. The first-order valence-corrected chi connectivity index (χ1v) is 5.30. The summed E-state index contributed by atoms with van der Waals surface area (Å²) < 4.78 is 24.7. The Kier molecular flexibility index (Phi) is 3.39. The quantitative estimate of drug-likeness (QED) is 0.472. The van der Waals surface area contributed by atoms with Crippen LogP contribution in [0.3, 0.4) is 0 Å². The van der Waals surface area contributed by atoms with Crippen molar-refractivity contribution < 1.29 is 23.4 Å². The van der Waals surface area contributed by atoms with Crippen molar-refractivity contribution in [2.75, 3.05) is 6.61 Å². The third kappa shape index (κ3) is 2.75. The van der Waals surface area contributed by atoms with E-state index in [-0.39, 0.29) is 4.90 Å². The number of nitrogens with zero attached hydrogens (tertiary/aromatic N) is 1. The third-order valence-electron chi connectivity index (χ3n) is 1.56. The summed E-state index contributed by atoms with van der Waals surface area (Å²) in [5.41, 5.74) is 0. The number of sulfonamides is 1. The van der Waals surface area contributed by atoms with Crippen LogP contribution in [0.15, 0.2) is 17.3 Å². The number of aliphatic hydroxyl groups is 1. The van der Waals surface area contributed by atoms with Gasteiger partial charge in [0, 0.05) is 6.20 Å². The predicted molar refractivity (Wildman–Crippen MR) is 47.4 cm³/mol. The number of carbonyl (C=O) groups is 1. The number of carboxylic acids is 1. The molecule has 4 N–H and O–H groups in total. The molecule has 0 unspecified atom stereocenters. The van der Waals surface area contributed by atoms with Crippen LogP contribution >= 0.6 is 0 Å². The molecular formula is C6H9N3O5S. The van der Waals surface area contributed by atoms with Gasteiger partial charge in [0.1, 0.15) is 10.9 Å². The standard InChI is InChI=1S/C6H9N3O5S/c10-3-5(6(11)12)9-15(13,14)4-1-7-8-2-4/h1-2,5,9-10H,3H2,(H,7,8)(H,11,12)/t5-/m0/s1. The zero-order valence-electron chi connectivity index (χ0n) is 7.41. The molecule has 0 aliphatic heterocycles. The maximum absolute atomic E-state index is 11.4. The van der Waals surface area contributed by atoms with Crippen LogP contribution in [0.2, 0.25) is 0 Å². The van der Waals surface area contributed by atoms with Crippen LogP contribution in [-0.2, 0) is 14.8 Å². The first-order chi connectivity index (χ1) is 6.97. The van der Waals surface area contributed by atoms with Crippen molar-refractivity contribution in [2.24, 2.45) is 0 Å². The number of aromatic amines is 1. The van der Waals surface area contributed by atoms with Crippen molar-refractivity contribution in [1.82, 2.24) is 14.9 Å². The minimum Gasteiger partial charge on any atom is -0.480 e. The molecule has 0 aromatic carbocycles. The lowest BCUT2D eigenvalue weighted by molar-refractivity contribution is -0.139. The minimum atomic E-state index is -3.96. The Bertz CT molecular complexity index is 426. The van der Waals surface area contributed by atoms with Crippen LogP contribution in [-0.4, -0.2) is 47.4 Å². The van der Waals surface area contributed by atoms with Gasteiger partial charge in [-0.3, -0.25) is 9.89 Å². The summed E-state index contributed by atoms with van der Waals surface area (Å²) in [5.74, 6) is -1.45. The maximum Gasteiger partial charge on any atom is 0.324 e. The Labute approximate surface area is 85.0 Å². The first kappa shape index (κ1) is 11.6. The van der Waals surface area contributed by atoms with E-state index in [1.54, 1.807) is 0 Å². The first-order valence-electron chi connectivity index (χ1n) is 3.82. The molecule has 0 amide bonds. The van der Waals surface area contributed by atoms with E-state index in [0.717, 1.165) is 12.4 Å². The molecule has 0 spiro atoms. The number of aromatic nitrogens is 2. The molecule has 0 fully saturated rings. The molecule has 1 aromatic rings. The number of aliphatic carboxylic acids is 1. The maximum atomic E-state index is 11.4. The van der Waals surface area contributed by atoms with Gasteiger partial charge in [0.05, 0.1) is 12.8 Å². The molecule has 1 rings (SSSR count). The summed E-state index contributed by atoms with van der Waals surface area (Å²) in [4.78, 5) is 10.3. The molecule has 0 aliphatic rings. The number of hydrogen-bond acceptors (Lipinski definition) is 5. The third-order valence-corrected chi connectivity index (χ3v) is 3.00. The van der Waals surface area contributed by atoms with Crippen molar-refractivity contribution in [3.63, 3.8) is 0 Å². The summed E-state index contributed by atoms with van der Waals surface area (Å²) in [6, 6.07) is -1.56. The van der Waals surface area contributed by atoms with Crippen molar-refractivity contribution in [1.29, 1.82) is 0 Å². The number of H-pyrrole nitrogens is 1. The van der Waals surface area contributed by atoms with Crippen molar-refractivity contribution in [3.05, 3.63) is 12.4 Å². The topological polar surface area (TPSA) is 132 Å². The van der Waals surface area contributed by atoms with Gasteiger partial charge in [-0.2, -0.15) is 9.82 Å². The van der Waals surface area contributed by atoms with E-state index >= 15 is 0 Å². The average molecular weight is 235 g/mol. The van der Waals surface area contributed by atoms with Crippen LogP contribution in [0.1, 0.15) is 0 Å². The van der Waals surface area contributed by atoms with Crippen LogP contribution in [0.25, 0.3) is 0 Å². The van der Waals surface area contributed by atoms with Gasteiger partial charge in [-0.1, -0.05) is 0 Å². The highest BCUT2D eigenvalue weighted by Crippen LogP contribution is 2.05. The number of rotatable bonds is 5. The Morgan fingerprint density at radius 1 is 1.67 bits per heavy atom. The Balaban J connectivity index is 2.86. The normalized spacial score (nSPS) is 13.7. The molecule has 8 nitrogen and oxygen atoms in total. The summed E-state index contributed by atoms with van der Waals surface area (Å²) in [6.45, 7) is -0.827. The average Bonchev–Trinajstić information content (AvgIpc) is 2.67. The largest absolute Gasteiger partial charge is 0.480 e. The lowest BCUT2D eigenvalue weighted by Crippen LogP contribution is -2.43. The van der Waals surface area contributed by atoms with Crippen molar-refractivity contribution in [3.8, 4) is 0 Å². The van der Waals surface area contributed by atoms with Gasteiger partial charge < -0.3 is 10.2 Å². The second kappa shape index (κ2) is 4.38. The highest BCUT2D eigenvalue weighted by Gasteiger charge is 2.25. The molecule has 9 heteroatoms. The second-order valence-electron chi connectivity index (χ2n) is 2.63. The lowest BCUT2D eigenvalue weighted by Gasteiger charge is -2.10. The van der Waals surface area contributed by atoms with Gasteiger partial charge in [-0.15, -0.1) is 0 Å². The molecule has 15 heavy (non-hydrogen) atoms. The Morgan fingerprint density at radius 2 is 2.33 bits per heavy atom. The number of aliphatic hydroxyl groups excluding tert-OH is 1. The van der Waals surface area contributed by atoms with Crippen molar-refractivity contribution in [2.45, 2.75) is 10.9 Å². The van der Waals surface area contributed by atoms with E-state index in [9.17, 15) is 13.2 Å². The van der Waals surface area contributed by atoms with Crippen LogP contribution in [0, 0.1) is 0 Å².